The lowest BCUT2D eigenvalue weighted by molar-refractivity contribution is 0.669. The molecule has 0 saturated carbocycles. The summed E-state index contributed by atoms with van der Waals surface area (Å²) in [5.74, 6) is 1.89. The summed E-state index contributed by atoms with van der Waals surface area (Å²) in [5.41, 5.74) is 13.8. The third-order valence-electron chi connectivity index (χ3n) is 11.2. The second-order valence-electron chi connectivity index (χ2n) is 14.7. The van der Waals surface area contributed by atoms with Crippen LogP contribution in [0.1, 0.15) is 0 Å². The molecule has 0 N–H and O–H groups in total. The van der Waals surface area contributed by atoms with E-state index in [0.717, 1.165) is 71.7 Å². The molecule has 2 heterocycles. The van der Waals surface area contributed by atoms with Crippen molar-refractivity contribution in [2.75, 3.05) is 0 Å². The van der Waals surface area contributed by atoms with E-state index < -0.39 is 0 Å². The first-order valence-corrected chi connectivity index (χ1v) is 19.9. The van der Waals surface area contributed by atoms with Gasteiger partial charge in [-0.05, 0) is 67.9 Å². The Bertz CT molecular complexity index is 3230. The highest BCUT2D eigenvalue weighted by Crippen LogP contribution is 2.46. The molecule has 11 aromatic rings. The summed E-state index contributed by atoms with van der Waals surface area (Å²) in [6.45, 7) is 0. The number of aromatic nitrogens is 3. The van der Waals surface area contributed by atoms with Crippen molar-refractivity contribution in [3.63, 3.8) is 0 Å². The lowest BCUT2D eigenvalue weighted by Crippen LogP contribution is -2.00. The zero-order valence-corrected chi connectivity index (χ0v) is 32.0. The number of hydrogen-bond acceptors (Lipinski definition) is 4. The van der Waals surface area contributed by atoms with Crippen molar-refractivity contribution in [1.29, 1.82) is 0 Å². The largest absolute Gasteiger partial charge is 0.456 e. The molecule has 4 heteroatoms. The van der Waals surface area contributed by atoms with Crippen LogP contribution >= 0.6 is 0 Å². The Hall–Kier alpha value is -7.95. The second-order valence-corrected chi connectivity index (χ2v) is 14.7. The summed E-state index contributed by atoms with van der Waals surface area (Å²) in [7, 11) is 0. The predicted octanol–water partition coefficient (Wildman–Crippen LogP) is 14.6. The van der Waals surface area contributed by atoms with Gasteiger partial charge in [0.25, 0.3) is 0 Å². The smallest absolute Gasteiger partial charge is 0.164 e. The number of nitrogens with zero attached hydrogens (tertiary/aromatic N) is 3. The lowest BCUT2D eigenvalue weighted by Gasteiger charge is -2.17. The van der Waals surface area contributed by atoms with Gasteiger partial charge >= 0.3 is 0 Å². The zero-order chi connectivity index (χ0) is 39.1. The number of rotatable bonds is 7. The van der Waals surface area contributed by atoms with Crippen LogP contribution in [-0.2, 0) is 0 Å². The van der Waals surface area contributed by atoms with E-state index in [-0.39, 0.29) is 0 Å². The minimum atomic E-state index is 0.625. The number of para-hydroxylation sites is 1. The third-order valence-corrected chi connectivity index (χ3v) is 11.2. The summed E-state index contributed by atoms with van der Waals surface area (Å²) in [6.07, 6.45) is 0. The summed E-state index contributed by atoms with van der Waals surface area (Å²) in [6, 6.07) is 74.1. The van der Waals surface area contributed by atoms with Gasteiger partial charge in [0.15, 0.2) is 17.5 Å². The van der Waals surface area contributed by atoms with Crippen molar-refractivity contribution in [3.8, 4) is 78.7 Å². The summed E-state index contributed by atoms with van der Waals surface area (Å²) in [5, 5.41) is 4.33. The third kappa shape index (κ3) is 6.24. The molecule has 0 bridgehead atoms. The van der Waals surface area contributed by atoms with Crippen LogP contribution in [0.25, 0.3) is 111 Å². The molecule has 59 heavy (non-hydrogen) atoms. The van der Waals surface area contributed by atoms with Crippen LogP contribution in [-0.4, -0.2) is 15.0 Å². The highest BCUT2D eigenvalue weighted by atomic mass is 16.3. The van der Waals surface area contributed by atoms with E-state index in [1.807, 2.05) is 72.8 Å². The molecular formula is C55H35N3O. The average molecular weight is 754 g/mol. The number of hydrogen-bond donors (Lipinski definition) is 0. The monoisotopic (exact) mass is 753 g/mol. The summed E-state index contributed by atoms with van der Waals surface area (Å²) in [4.78, 5) is 15.2. The van der Waals surface area contributed by atoms with Gasteiger partial charge in [0, 0.05) is 33.0 Å². The van der Waals surface area contributed by atoms with Crippen LogP contribution < -0.4 is 0 Å². The first-order valence-electron chi connectivity index (χ1n) is 19.9. The molecule has 0 spiro atoms. The molecule has 9 aromatic carbocycles. The molecule has 0 unspecified atom stereocenters. The van der Waals surface area contributed by atoms with Crippen molar-refractivity contribution in [2.45, 2.75) is 0 Å². The zero-order valence-electron chi connectivity index (χ0n) is 32.0. The predicted molar refractivity (Wildman–Crippen MR) is 243 cm³/mol. The minimum absolute atomic E-state index is 0.625. The molecule has 2 aromatic heterocycles. The van der Waals surface area contributed by atoms with E-state index in [9.17, 15) is 0 Å². The van der Waals surface area contributed by atoms with Crippen molar-refractivity contribution >= 4 is 32.7 Å². The number of benzene rings is 9. The van der Waals surface area contributed by atoms with Gasteiger partial charge < -0.3 is 4.42 Å². The van der Waals surface area contributed by atoms with Gasteiger partial charge in [0.2, 0.25) is 0 Å². The van der Waals surface area contributed by atoms with Crippen LogP contribution in [0.4, 0.5) is 0 Å². The molecule has 0 saturated heterocycles. The topological polar surface area (TPSA) is 51.8 Å². The Morgan fingerprint density at radius 2 is 0.661 bits per heavy atom. The molecule has 0 aliphatic heterocycles. The highest BCUT2D eigenvalue weighted by molar-refractivity contribution is 6.19. The maximum atomic E-state index is 6.51. The van der Waals surface area contributed by atoms with Crippen LogP contribution in [0.15, 0.2) is 217 Å². The standard InChI is InChI=1S/C55H35N3O/c1-4-14-36(15-5-1)37-24-26-38(27-25-37)39-28-30-40(31-29-39)43-34-35-50-52(48-22-12-13-23-49(48)59-50)51(43)46-32-33-47(45-21-11-10-20-44(45)46)55-57-53(41-16-6-2-7-17-41)56-54(58-55)42-18-8-3-9-19-42/h1-35H. The van der Waals surface area contributed by atoms with Gasteiger partial charge in [-0.3, -0.25) is 0 Å². The fourth-order valence-corrected chi connectivity index (χ4v) is 8.31. The van der Waals surface area contributed by atoms with Crippen LogP contribution in [0, 0.1) is 0 Å². The second kappa shape index (κ2) is 14.5. The molecule has 0 fully saturated rings. The van der Waals surface area contributed by atoms with Gasteiger partial charge in [-0.15, -0.1) is 0 Å². The molecular weight excluding hydrogens is 719 g/mol. The van der Waals surface area contributed by atoms with E-state index in [0.29, 0.717) is 17.5 Å². The SMILES string of the molecule is c1ccc(-c2ccc(-c3ccc(-c4ccc5oc6ccccc6c5c4-c4ccc(-c5nc(-c6ccccc6)nc(-c6ccccc6)n5)c5ccccc45)cc3)cc2)cc1. The maximum absolute atomic E-state index is 6.51. The van der Waals surface area contributed by atoms with Crippen LogP contribution in [0.5, 0.6) is 0 Å². The van der Waals surface area contributed by atoms with Gasteiger partial charge in [0.05, 0.1) is 0 Å². The molecule has 0 radical (unpaired) electrons. The van der Waals surface area contributed by atoms with E-state index in [2.05, 4.69) is 140 Å². The highest BCUT2D eigenvalue weighted by Gasteiger charge is 2.22. The van der Waals surface area contributed by atoms with Crippen molar-refractivity contribution in [1.82, 2.24) is 15.0 Å². The van der Waals surface area contributed by atoms with E-state index >= 15 is 0 Å². The van der Waals surface area contributed by atoms with Gasteiger partial charge in [-0.1, -0.05) is 194 Å². The van der Waals surface area contributed by atoms with Gasteiger partial charge in [0.1, 0.15) is 11.2 Å². The lowest BCUT2D eigenvalue weighted by atomic mass is 9.86. The van der Waals surface area contributed by atoms with Crippen molar-refractivity contribution in [3.05, 3.63) is 212 Å². The molecule has 0 atom stereocenters. The Morgan fingerprint density at radius 1 is 0.254 bits per heavy atom. The van der Waals surface area contributed by atoms with Crippen LogP contribution in [0.3, 0.4) is 0 Å². The maximum Gasteiger partial charge on any atom is 0.164 e. The first-order chi connectivity index (χ1) is 29.2. The molecule has 0 aliphatic rings. The number of fused-ring (bicyclic) bond motifs is 4. The fraction of sp³-hybridized carbons (Fsp3) is 0. The Morgan fingerprint density at radius 3 is 1.24 bits per heavy atom. The Labute approximate surface area is 341 Å². The molecule has 0 amide bonds. The Kier molecular flexibility index (Phi) is 8.45. The fourth-order valence-electron chi connectivity index (χ4n) is 8.31. The summed E-state index contributed by atoms with van der Waals surface area (Å²) >= 11 is 0. The molecule has 11 rings (SSSR count). The van der Waals surface area contributed by atoms with Gasteiger partial charge in [-0.2, -0.15) is 0 Å². The van der Waals surface area contributed by atoms with E-state index in [4.69, 9.17) is 19.4 Å². The van der Waals surface area contributed by atoms with Crippen molar-refractivity contribution < 1.29 is 4.42 Å². The number of furan rings is 1. The average Bonchev–Trinajstić information content (AvgIpc) is 3.71. The van der Waals surface area contributed by atoms with Crippen LogP contribution in [0.2, 0.25) is 0 Å². The first kappa shape index (κ1) is 34.3. The van der Waals surface area contributed by atoms with Gasteiger partial charge in [-0.25, -0.2) is 15.0 Å². The summed E-state index contributed by atoms with van der Waals surface area (Å²) < 4.78 is 6.51. The quantitative estimate of drug-likeness (QED) is 0.163. The van der Waals surface area contributed by atoms with Crippen molar-refractivity contribution in [2.24, 2.45) is 0 Å². The molecule has 276 valence electrons. The molecule has 4 nitrogen and oxygen atoms in total. The molecule has 0 aliphatic carbocycles. The Balaban J connectivity index is 1.08. The van der Waals surface area contributed by atoms with E-state index in [1.54, 1.807) is 0 Å². The minimum Gasteiger partial charge on any atom is -0.456 e. The normalized spacial score (nSPS) is 11.4. The van der Waals surface area contributed by atoms with E-state index in [1.165, 1.54) is 22.3 Å².